The highest BCUT2D eigenvalue weighted by molar-refractivity contribution is 8.02. The average molecular weight is 531 g/mol. The fraction of sp³-hybridized carbons (Fsp3) is 0.759. The van der Waals surface area contributed by atoms with E-state index in [4.69, 9.17) is 4.74 Å². The Morgan fingerprint density at radius 1 is 1.08 bits per heavy atom. The predicted octanol–water partition coefficient (Wildman–Crippen LogP) is 3.71. The van der Waals surface area contributed by atoms with Gasteiger partial charge in [0.05, 0.1) is 35.8 Å². The third-order valence-electron chi connectivity index (χ3n) is 8.93. The van der Waals surface area contributed by atoms with E-state index in [9.17, 15) is 19.5 Å². The summed E-state index contributed by atoms with van der Waals surface area (Å²) in [7, 11) is 0. The first kappa shape index (κ1) is 26.8. The molecule has 0 aromatic carbocycles. The monoisotopic (exact) mass is 530 g/mol. The van der Waals surface area contributed by atoms with Crippen molar-refractivity contribution in [2.75, 3.05) is 19.8 Å². The van der Waals surface area contributed by atoms with Crippen molar-refractivity contribution >= 4 is 29.5 Å². The first-order valence-corrected chi connectivity index (χ1v) is 15.2. The lowest BCUT2D eigenvalue weighted by molar-refractivity contribution is -0.154. The Kier molecular flexibility index (Phi) is 8.06. The summed E-state index contributed by atoms with van der Waals surface area (Å²) in [6, 6.07) is -1.02. The number of hydrogen-bond acceptors (Lipinski definition) is 6. The van der Waals surface area contributed by atoms with Crippen molar-refractivity contribution < 1.29 is 24.2 Å². The molecule has 1 unspecified atom stereocenters. The van der Waals surface area contributed by atoms with Gasteiger partial charge in [-0.15, -0.1) is 11.8 Å². The van der Waals surface area contributed by atoms with Crippen LogP contribution in [0.15, 0.2) is 24.3 Å². The Balaban J connectivity index is 1.60. The Morgan fingerprint density at radius 2 is 1.86 bits per heavy atom. The molecule has 5 rings (SSSR count). The van der Waals surface area contributed by atoms with E-state index in [0.29, 0.717) is 19.6 Å². The van der Waals surface area contributed by atoms with Crippen LogP contribution in [0.25, 0.3) is 0 Å². The molecule has 1 N–H and O–H groups in total. The minimum absolute atomic E-state index is 0.0245. The van der Waals surface area contributed by atoms with Crippen LogP contribution >= 0.6 is 11.8 Å². The van der Waals surface area contributed by atoms with Gasteiger partial charge in [-0.2, -0.15) is 0 Å². The van der Waals surface area contributed by atoms with Gasteiger partial charge in [-0.1, -0.05) is 57.4 Å². The van der Waals surface area contributed by atoms with Crippen LogP contribution in [0.1, 0.15) is 71.6 Å². The van der Waals surface area contributed by atoms with Gasteiger partial charge < -0.3 is 19.6 Å². The molecule has 8 heteroatoms. The van der Waals surface area contributed by atoms with Gasteiger partial charge in [0.15, 0.2) is 0 Å². The molecule has 6 atom stereocenters. The lowest BCUT2D eigenvalue weighted by Crippen LogP contribution is -2.58. The van der Waals surface area contributed by atoms with Crippen LogP contribution in [0.2, 0.25) is 0 Å². The fourth-order valence-corrected chi connectivity index (χ4v) is 9.30. The van der Waals surface area contributed by atoms with Crippen LogP contribution in [0.5, 0.6) is 0 Å². The summed E-state index contributed by atoms with van der Waals surface area (Å²) in [5.74, 6) is -1.62. The summed E-state index contributed by atoms with van der Waals surface area (Å²) < 4.78 is 4.85. The second-order valence-corrected chi connectivity index (χ2v) is 13.3. The van der Waals surface area contributed by atoms with Crippen molar-refractivity contribution in [1.82, 2.24) is 9.80 Å². The van der Waals surface area contributed by atoms with E-state index >= 15 is 0 Å². The number of carbonyl (C=O) groups excluding carboxylic acids is 3. The standard InChI is InChI=1S/C29H42N2O5S/c1-19(2)17-21(18-32)31-25-27(34)30(20-11-6-5-7-12-20)15-10-14-29(25)24(26(31)33)23-22(37-29)13-8-3-4-9-16-36-28(23)35/h8,10,13-14,19-25,32H,3-7,9,11-12,15-18H2,1-2H3/b13-8-/t21-,22-,23+,24+,25?,29+/m1/s1. The first-order chi connectivity index (χ1) is 17.9. The zero-order chi connectivity index (χ0) is 26.2. The van der Waals surface area contributed by atoms with E-state index in [0.717, 1.165) is 44.9 Å². The third-order valence-corrected chi connectivity index (χ3v) is 10.7. The van der Waals surface area contributed by atoms with Crippen molar-refractivity contribution in [3.05, 3.63) is 24.3 Å². The van der Waals surface area contributed by atoms with Crippen molar-refractivity contribution in [3.63, 3.8) is 0 Å². The number of allylic oxidation sites excluding steroid dienone is 1. The summed E-state index contributed by atoms with van der Waals surface area (Å²) >= 11 is 1.59. The molecule has 0 aromatic rings. The number of aliphatic hydroxyl groups is 1. The highest BCUT2D eigenvalue weighted by Crippen LogP contribution is 2.61. The van der Waals surface area contributed by atoms with E-state index in [1.54, 1.807) is 16.7 Å². The van der Waals surface area contributed by atoms with Gasteiger partial charge in [0, 0.05) is 17.8 Å². The molecular formula is C29H42N2O5S. The van der Waals surface area contributed by atoms with Crippen molar-refractivity contribution in [2.45, 2.75) is 99.8 Å². The molecule has 37 heavy (non-hydrogen) atoms. The molecule has 0 aromatic heterocycles. The van der Waals surface area contributed by atoms with Crippen LogP contribution in [-0.2, 0) is 19.1 Å². The van der Waals surface area contributed by atoms with Crippen LogP contribution in [0.4, 0.5) is 0 Å². The van der Waals surface area contributed by atoms with Crippen LogP contribution in [0.3, 0.4) is 0 Å². The maximum absolute atomic E-state index is 14.5. The largest absolute Gasteiger partial charge is 0.465 e. The molecule has 2 amide bonds. The number of rotatable bonds is 5. The summed E-state index contributed by atoms with van der Waals surface area (Å²) in [4.78, 5) is 46.1. The summed E-state index contributed by atoms with van der Waals surface area (Å²) in [6.45, 7) is 4.82. The zero-order valence-corrected chi connectivity index (χ0v) is 23.0. The minimum atomic E-state index is -0.852. The summed E-state index contributed by atoms with van der Waals surface area (Å²) in [5, 5.41) is 10.2. The molecule has 5 aliphatic rings. The molecule has 7 nitrogen and oxygen atoms in total. The SMILES string of the molecule is CC(C)C[C@H](CO)N1C(=O)[C@@H]2[C@H]3C(=O)OCCCC/C=C\[C@H]3S[C@@]23C=CCN(C2CCCCC2)C(=O)C13. The number of thioether (sulfide) groups is 1. The number of likely N-dealkylation sites (tertiary alicyclic amines) is 1. The van der Waals surface area contributed by atoms with Crippen LogP contribution < -0.4 is 0 Å². The maximum Gasteiger partial charge on any atom is 0.311 e. The lowest BCUT2D eigenvalue weighted by Gasteiger charge is -2.41. The number of cyclic esters (lactones) is 1. The number of amides is 2. The molecule has 2 saturated heterocycles. The highest BCUT2D eigenvalue weighted by atomic mass is 32.2. The van der Waals surface area contributed by atoms with Crippen molar-refractivity contribution in [1.29, 1.82) is 0 Å². The van der Waals surface area contributed by atoms with Crippen molar-refractivity contribution in [2.24, 2.45) is 17.8 Å². The number of nitrogens with zero attached hydrogens (tertiary/aromatic N) is 2. The molecule has 204 valence electrons. The van der Waals surface area contributed by atoms with Gasteiger partial charge in [-0.25, -0.2) is 0 Å². The van der Waals surface area contributed by atoms with Gasteiger partial charge in [0.1, 0.15) is 6.04 Å². The zero-order valence-electron chi connectivity index (χ0n) is 22.2. The van der Waals surface area contributed by atoms with Gasteiger partial charge in [-0.05, 0) is 44.4 Å². The Labute approximate surface area is 225 Å². The third kappa shape index (κ3) is 4.77. The van der Waals surface area contributed by atoms with Gasteiger partial charge in [-0.3, -0.25) is 14.4 Å². The summed E-state index contributed by atoms with van der Waals surface area (Å²) in [5.41, 5.74) is 0. The number of fused-ring (bicyclic) bond motifs is 2. The number of esters is 1. The molecule has 3 fully saturated rings. The number of hydrogen-bond donors (Lipinski definition) is 1. The number of carbonyl (C=O) groups is 3. The molecule has 0 bridgehead atoms. The normalized spacial score (nSPS) is 36.6. The molecule has 0 radical (unpaired) electrons. The highest BCUT2D eigenvalue weighted by Gasteiger charge is 2.71. The molecule has 1 saturated carbocycles. The summed E-state index contributed by atoms with van der Waals surface area (Å²) in [6.07, 6.45) is 17.0. The average Bonchev–Trinajstić information content (AvgIpc) is 3.28. The van der Waals surface area contributed by atoms with Gasteiger partial charge in [0.2, 0.25) is 11.8 Å². The lowest BCUT2D eigenvalue weighted by atomic mass is 9.78. The second-order valence-electron chi connectivity index (χ2n) is 11.8. The van der Waals surface area contributed by atoms with Gasteiger partial charge >= 0.3 is 5.97 Å². The first-order valence-electron chi connectivity index (χ1n) is 14.3. The van der Waals surface area contributed by atoms with E-state index in [1.165, 1.54) is 6.42 Å². The molecular weight excluding hydrogens is 488 g/mol. The number of aliphatic hydroxyl groups excluding tert-OH is 1. The maximum atomic E-state index is 14.5. The fourth-order valence-electron chi connectivity index (χ4n) is 7.31. The van der Waals surface area contributed by atoms with E-state index in [1.807, 2.05) is 4.90 Å². The van der Waals surface area contributed by atoms with Crippen LogP contribution in [-0.4, -0.2) is 80.6 Å². The molecule has 1 aliphatic carbocycles. The topological polar surface area (TPSA) is 87.2 Å². The predicted molar refractivity (Wildman–Crippen MR) is 144 cm³/mol. The quantitative estimate of drug-likeness (QED) is 0.431. The molecule has 1 spiro atoms. The van der Waals surface area contributed by atoms with E-state index < -0.39 is 28.7 Å². The molecule has 4 heterocycles. The Morgan fingerprint density at radius 3 is 2.59 bits per heavy atom. The smallest absolute Gasteiger partial charge is 0.311 e. The second kappa shape index (κ2) is 11.1. The number of ether oxygens (including phenoxy) is 1. The Bertz CT molecular complexity index is 945. The molecule has 4 aliphatic heterocycles. The minimum Gasteiger partial charge on any atom is -0.465 e. The van der Waals surface area contributed by atoms with Crippen molar-refractivity contribution in [3.8, 4) is 0 Å². The van der Waals surface area contributed by atoms with E-state index in [2.05, 4.69) is 38.2 Å². The van der Waals surface area contributed by atoms with Crippen LogP contribution in [0, 0.1) is 17.8 Å². The Hall–Kier alpha value is -1.80. The van der Waals surface area contributed by atoms with E-state index in [-0.39, 0.29) is 41.6 Å². The van der Waals surface area contributed by atoms with Gasteiger partial charge in [0.25, 0.3) is 0 Å².